The zero-order chi connectivity index (χ0) is 8.27. The van der Waals surface area contributed by atoms with Crippen LogP contribution in [0.4, 0.5) is 0 Å². The molecule has 0 fully saturated rings. The second-order valence-electron chi connectivity index (χ2n) is 2.28. The van der Waals surface area contributed by atoms with Gasteiger partial charge < -0.3 is 5.32 Å². The number of aryl methyl sites for hydroxylation is 1. The molecule has 1 rings (SSSR count). The minimum Gasteiger partial charge on any atom is -0.350 e. The first-order valence-electron chi connectivity index (χ1n) is 3.42. The van der Waals surface area contributed by atoms with Gasteiger partial charge in [-0.1, -0.05) is 0 Å². The van der Waals surface area contributed by atoms with E-state index in [1.165, 1.54) is 0 Å². The van der Waals surface area contributed by atoms with E-state index in [9.17, 15) is 4.79 Å². The Bertz CT molecular complexity index is 271. The highest BCUT2D eigenvalue weighted by molar-refractivity contribution is 5.90. The number of amides is 1. The fourth-order valence-electron chi connectivity index (χ4n) is 0.887. The normalized spacial score (nSPS) is 9.27. The molecule has 58 valence electrons. The Morgan fingerprint density at radius 2 is 2.27 bits per heavy atom. The third kappa shape index (κ3) is 1.55. The van der Waals surface area contributed by atoms with E-state index in [1.807, 2.05) is 25.4 Å². The van der Waals surface area contributed by atoms with Crippen molar-refractivity contribution in [2.24, 2.45) is 7.05 Å². The first-order chi connectivity index (χ1) is 5.25. The number of pyridine rings is 1. The Balaban J connectivity index is 3.03. The van der Waals surface area contributed by atoms with Crippen LogP contribution in [0.25, 0.3) is 0 Å². The molecule has 0 spiro atoms. The molecule has 1 aromatic heterocycles. The SMILES string of the molecule is CNC(=O)c1cccc[n+]1C. The molecule has 0 bridgehead atoms. The molecule has 0 aromatic carbocycles. The molecule has 1 N–H and O–H groups in total. The van der Waals surface area contributed by atoms with Gasteiger partial charge in [0, 0.05) is 19.2 Å². The maximum atomic E-state index is 11.1. The molecule has 1 heterocycles. The van der Waals surface area contributed by atoms with Gasteiger partial charge in [0.15, 0.2) is 6.20 Å². The summed E-state index contributed by atoms with van der Waals surface area (Å²) in [7, 11) is 3.46. The Labute approximate surface area is 65.7 Å². The van der Waals surface area contributed by atoms with Crippen LogP contribution in [0.3, 0.4) is 0 Å². The van der Waals surface area contributed by atoms with Gasteiger partial charge >= 0.3 is 5.91 Å². The highest BCUT2D eigenvalue weighted by Gasteiger charge is 2.12. The number of hydrogen-bond acceptors (Lipinski definition) is 1. The van der Waals surface area contributed by atoms with Crippen LogP contribution in [0.5, 0.6) is 0 Å². The topological polar surface area (TPSA) is 33.0 Å². The van der Waals surface area contributed by atoms with Gasteiger partial charge in [0.2, 0.25) is 0 Å². The molecule has 1 amide bonds. The van der Waals surface area contributed by atoms with Gasteiger partial charge in [-0.3, -0.25) is 4.79 Å². The molecule has 11 heavy (non-hydrogen) atoms. The van der Waals surface area contributed by atoms with E-state index in [0.717, 1.165) is 0 Å². The Kier molecular flexibility index (Phi) is 2.21. The molecule has 3 nitrogen and oxygen atoms in total. The summed E-state index contributed by atoms with van der Waals surface area (Å²) in [6.07, 6.45) is 1.84. The third-order valence-electron chi connectivity index (χ3n) is 1.51. The average Bonchev–Trinajstić information content (AvgIpc) is 2.04. The van der Waals surface area contributed by atoms with Crippen LogP contribution in [0.15, 0.2) is 24.4 Å². The van der Waals surface area contributed by atoms with Gasteiger partial charge in [0.05, 0.1) is 0 Å². The number of rotatable bonds is 1. The van der Waals surface area contributed by atoms with Crippen molar-refractivity contribution in [3.8, 4) is 0 Å². The van der Waals surface area contributed by atoms with E-state index in [-0.39, 0.29) is 5.91 Å². The summed E-state index contributed by atoms with van der Waals surface area (Å²) in [5.41, 5.74) is 0.662. The van der Waals surface area contributed by atoms with Crippen molar-refractivity contribution in [1.29, 1.82) is 0 Å². The summed E-state index contributed by atoms with van der Waals surface area (Å²) < 4.78 is 1.78. The number of nitrogens with one attached hydrogen (secondary N) is 1. The lowest BCUT2D eigenvalue weighted by molar-refractivity contribution is -0.673. The largest absolute Gasteiger partial charge is 0.350 e. The average molecular weight is 151 g/mol. The van der Waals surface area contributed by atoms with Crippen molar-refractivity contribution in [2.75, 3.05) is 7.05 Å². The van der Waals surface area contributed by atoms with Gasteiger partial charge in [0.1, 0.15) is 7.05 Å². The summed E-state index contributed by atoms with van der Waals surface area (Å²) >= 11 is 0. The molecular weight excluding hydrogens is 140 g/mol. The fourth-order valence-corrected chi connectivity index (χ4v) is 0.887. The van der Waals surface area contributed by atoms with Gasteiger partial charge in [-0.05, 0) is 6.07 Å². The van der Waals surface area contributed by atoms with Crippen molar-refractivity contribution < 1.29 is 9.36 Å². The van der Waals surface area contributed by atoms with E-state index in [1.54, 1.807) is 17.7 Å². The smallest absolute Gasteiger partial charge is 0.315 e. The lowest BCUT2D eigenvalue weighted by atomic mass is 10.3. The van der Waals surface area contributed by atoms with E-state index in [2.05, 4.69) is 5.32 Å². The zero-order valence-corrected chi connectivity index (χ0v) is 6.66. The second-order valence-corrected chi connectivity index (χ2v) is 2.28. The number of carbonyl (C=O) groups excluding carboxylic acids is 1. The van der Waals surface area contributed by atoms with Crippen LogP contribution in [0.1, 0.15) is 10.5 Å². The van der Waals surface area contributed by atoms with Gasteiger partial charge in [-0.2, -0.15) is 4.57 Å². The number of carbonyl (C=O) groups is 1. The number of nitrogens with zero attached hydrogens (tertiary/aromatic N) is 1. The van der Waals surface area contributed by atoms with Gasteiger partial charge in [0.25, 0.3) is 5.69 Å². The summed E-state index contributed by atoms with van der Waals surface area (Å²) in [5.74, 6) is -0.0619. The van der Waals surface area contributed by atoms with E-state index >= 15 is 0 Å². The van der Waals surface area contributed by atoms with Gasteiger partial charge in [-0.15, -0.1) is 0 Å². The number of aromatic nitrogens is 1. The summed E-state index contributed by atoms with van der Waals surface area (Å²) in [5, 5.41) is 2.56. The summed E-state index contributed by atoms with van der Waals surface area (Å²) in [6, 6.07) is 5.50. The summed E-state index contributed by atoms with van der Waals surface area (Å²) in [6.45, 7) is 0. The fraction of sp³-hybridized carbons (Fsp3) is 0.250. The summed E-state index contributed by atoms with van der Waals surface area (Å²) in [4.78, 5) is 11.1. The standard InChI is InChI=1S/C8H10N2O/c1-9-8(11)7-5-3-4-6-10(7)2/h3-6H,1-2H3/p+1. The van der Waals surface area contributed by atoms with E-state index in [4.69, 9.17) is 0 Å². The van der Waals surface area contributed by atoms with Crippen molar-refractivity contribution in [3.05, 3.63) is 30.1 Å². The van der Waals surface area contributed by atoms with Crippen LogP contribution in [-0.4, -0.2) is 13.0 Å². The molecule has 0 saturated heterocycles. The van der Waals surface area contributed by atoms with Crippen molar-refractivity contribution in [3.63, 3.8) is 0 Å². The molecule has 0 radical (unpaired) electrons. The molecule has 3 heteroatoms. The first kappa shape index (κ1) is 7.72. The Morgan fingerprint density at radius 1 is 1.55 bits per heavy atom. The lowest BCUT2D eigenvalue weighted by Crippen LogP contribution is -2.39. The highest BCUT2D eigenvalue weighted by Crippen LogP contribution is 1.88. The highest BCUT2D eigenvalue weighted by atomic mass is 16.1. The maximum Gasteiger partial charge on any atom is 0.315 e. The zero-order valence-electron chi connectivity index (χ0n) is 6.66. The van der Waals surface area contributed by atoms with Crippen molar-refractivity contribution in [1.82, 2.24) is 5.32 Å². The quantitative estimate of drug-likeness (QED) is 0.557. The molecule has 0 atom stereocenters. The van der Waals surface area contributed by atoms with Crippen molar-refractivity contribution in [2.45, 2.75) is 0 Å². The number of hydrogen-bond donors (Lipinski definition) is 1. The maximum absolute atomic E-state index is 11.1. The predicted molar refractivity (Wildman–Crippen MR) is 41.0 cm³/mol. The lowest BCUT2D eigenvalue weighted by Gasteiger charge is -1.95. The van der Waals surface area contributed by atoms with Crippen molar-refractivity contribution >= 4 is 5.91 Å². The van der Waals surface area contributed by atoms with Gasteiger partial charge in [-0.25, -0.2) is 0 Å². The molecule has 0 aliphatic carbocycles. The monoisotopic (exact) mass is 151 g/mol. The molecular formula is C8H11N2O+. The second kappa shape index (κ2) is 3.14. The molecule has 0 saturated carbocycles. The minimum atomic E-state index is -0.0619. The third-order valence-corrected chi connectivity index (χ3v) is 1.51. The van der Waals surface area contributed by atoms with E-state index < -0.39 is 0 Å². The van der Waals surface area contributed by atoms with Crippen LogP contribution in [0, 0.1) is 0 Å². The predicted octanol–water partition coefficient (Wildman–Crippen LogP) is -0.129. The Hall–Kier alpha value is -1.38. The first-order valence-corrected chi connectivity index (χ1v) is 3.42. The molecule has 0 aliphatic heterocycles. The van der Waals surface area contributed by atoms with Crippen LogP contribution < -0.4 is 9.88 Å². The molecule has 1 aromatic rings. The van der Waals surface area contributed by atoms with E-state index in [0.29, 0.717) is 5.69 Å². The Morgan fingerprint density at radius 3 is 2.82 bits per heavy atom. The minimum absolute atomic E-state index is 0.0619. The molecule has 0 unspecified atom stereocenters. The van der Waals surface area contributed by atoms with Crippen LogP contribution in [-0.2, 0) is 7.05 Å². The van der Waals surface area contributed by atoms with Crippen LogP contribution >= 0.6 is 0 Å². The molecule has 0 aliphatic rings. The van der Waals surface area contributed by atoms with Crippen LogP contribution in [0.2, 0.25) is 0 Å².